The van der Waals surface area contributed by atoms with Gasteiger partial charge >= 0.3 is 5.69 Å². The van der Waals surface area contributed by atoms with E-state index in [0.29, 0.717) is 24.5 Å². The fourth-order valence-corrected chi connectivity index (χ4v) is 4.43. The molecular formula is C24H29FN4O4. The Morgan fingerprint density at radius 2 is 1.91 bits per heavy atom. The molecule has 2 aromatic rings. The van der Waals surface area contributed by atoms with Crippen molar-refractivity contribution in [3.8, 4) is 12.0 Å². The van der Waals surface area contributed by atoms with Crippen molar-refractivity contribution in [2.75, 3.05) is 29.7 Å². The van der Waals surface area contributed by atoms with Crippen LogP contribution in [-0.2, 0) is 24.9 Å². The summed E-state index contributed by atoms with van der Waals surface area (Å²) < 4.78 is 21.7. The van der Waals surface area contributed by atoms with E-state index in [1.807, 2.05) is 4.90 Å². The van der Waals surface area contributed by atoms with Gasteiger partial charge in [-0.25, -0.2) is 9.18 Å². The van der Waals surface area contributed by atoms with Crippen LogP contribution in [0.1, 0.15) is 37.7 Å². The van der Waals surface area contributed by atoms with Crippen LogP contribution in [0.5, 0.6) is 0 Å². The number of nitrogens with zero attached hydrogens (tertiary/aromatic N) is 4. The Kier molecular flexibility index (Phi) is 7.16. The van der Waals surface area contributed by atoms with E-state index in [1.165, 1.54) is 29.5 Å². The summed E-state index contributed by atoms with van der Waals surface area (Å²) >= 11 is 0. The summed E-state index contributed by atoms with van der Waals surface area (Å²) in [5, 5.41) is 9.18. The maximum Gasteiger partial charge on any atom is 0.332 e. The Morgan fingerprint density at radius 3 is 2.61 bits per heavy atom. The van der Waals surface area contributed by atoms with Gasteiger partial charge in [0.1, 0.15) is 24.8 Å². The molecular weight excluding hydrogens is 427 g/mol. The summed E-state index contributed by atoms with van der Waals surface area (Å²) in [5.74, 6) is 3.12. The molecule has 1 aromatic carbocycles. The van der Waals surface area contributed by atoms with E-state index in [1.54, 1.807) is 24.1 Å². The van der Waals surface area contributed by atoms with Crippen molar-refractivity contribution < 1.29 is 14.2 Å². The average Bonchev–Trinajstić information content (AvgIpc) is 3.45. The van der Waals surface area contributed by atoms with E-state index in [0.717, 1.165) is 23.0 Å². The number of hydrogen-bond donors (Lipinski definition) is 1. The molecule has 0 radical (unpaired) electrons. The third kappa shape index (κ3) is 4.97. The molecule has 0 unspecified atom stereocenters. The monoisotopic (exact) mass is 456 g/mol. The first-order valence-electron chi connectivity index (χ1n) is 11.3. The van der Waals surface area contributed by atoms with Gasteiger partial charge in [-0.15, -0.1) is 0 Å². The highest BCUT2D eigenvalue weighted by Gasteiger charge is 2.33. The Labute approximate surface area is 191 Å². The molecule has 0 spiro atoms. The van der Waals surface area contributed by atoms with Crippen LogP contribution in [0.3, 0.4) is 0 Å². The predicted octanol–water partition coefficient (Wildman–Crippen LogP) is 1.77. The average molecular weight is 457 g/mol. The van der Waals surface area contributed by atoms with Gasteiger partial charge in [0.25, 0.3) is 5.56 Å². The van der Waals surface area contributed by atoms with Crippen LogP contribution in [0.2, 0.25) is 0 Å². The maximum absolute atomic E-state index is 13.4. The van der Waals surface area contributed by atoms with Gasteiger partial charge in [-0.05, 0) is 37.0 Å². The van der Waals surface area contributed by atoms with Gasteiger partial charge in [0.05, 0.1) is 6.10 Å². The highest BCUT2D eigenvalue weighted by Crippen LogP contribution is 2.32. The molecule has 1 aromatic heterocycles. The molecule has 4 rings (SSSR count). The zero-order chi connectivity index (χ0) is 23.4. The predicted molar refractivity (Wildman–Crippen MR) is 124 cm³/mol. The fourth-order valence-electron chi connectivity index (χ4n) is 4.43. The first-order valence-corrected chi connectivity index (χ1v) is 11.3. The van der Waals surface area contributed by atoms with Gasteiger partial charge in [0.2, 0.25) is 0 Å². The van der Waals surface area contributed by atoms with E-state index in [4.69, 9.17) is 4.74 Å². The minimum Gasteiger partial charge on any atom is -0.396 e. The fraction of sp³-hybridized carbons (Fsp3) is 0.500. The molecule has 2 aliphatic rings. The molecule has 9 heteroatoms. The summed E-state index contributed by atoms with van der Waals surface area (Å²) in [4.78, 5) is 29.7. The molecule has 1 aliphatic carbocycles. The molecule has 33 heavy (non-hydrogen) atoms. The van der Waals surface area contributed by atoms with Crippen molar-refractivity contribution in [3.05, 3.63) is 56.5 Å². The van der Waals surface area contributed by atoms with Crippen LogP contribution < -0.4 is 21.0 Å². The van der Waals surface area contributed by atoms with Gasteiger partial charge < -0.3 is 14.7 Å². The number of fused-ring (bicyclic) bond motifs is 1. The maximum atomic E-state index is 13.4. The van der Waals surface area contributed by atoms with Crippen molar-refractivity contribution in [2.24, 2.45) is 7.05 Å². The van der Waals surface area contributed by atoms with Crippen molar-refractivity contribution >= 4 is 11.5 Å². The summed E-state index contributed by atoms with van der Waals surface area (Å²) in [7, 11) is 1.61. The quantitative estimate of drug-likeness (QED) is 0.640. The zero-order valence-corrected chi connectivity index (χ0v) is 18.8. The normalized spacial score (nSPS) is 15.6. The van der Waals surface area contributed by atoms with Crippen molar-refractivity contribution in [1.82, 2.24) is 9.13 Å². The molecule has 0 bridgehead atoms. The van der Waals surface area contributed by atoms with Crippen LogP contribution >= 0.6 is 0 Å². The standard InChI is InChI=1S/C24H29FN4O4/c1-26-22-21(23(31)29(24(26)32)13-4-14-30)28(16-18-8-10-19(25)11-9-18)17-27(22)12-5-15-33-20-6-2-3-7-20/h8-11,20,30H,2-4,6-7,13-17H2,1H3. The molecule has 1 N–H and O–H groups in total. The lowest BCUT2D eigenvalue weighted by Crippen LogP contribution is -2.41. The zero-order valence-electron chi connectivity index (χ0n) is 18.8. The van der Waals surface area contributed by atoms with E-state index >= 15 is 0 Å². The van der Waals surface area contributed by atoms with Crippen LogP contribution in [0.4, 0.5) is 15.9 Å². The minimum absolute atomic E-state index is 0.120. The van der Waals surface area contributed by atoms with Crippen LogP contribution in [0, 0.1) is 17.8 Å². The Bertz CT molecular complexity index is 1160. The topological polar surface area (TPSA) is 79.9 Å². The number of ether oxygens (including phenoxy) is 1. The van der Waals surface area contributed by atoms with Crippen molar-refractivity contribution in [3.63, 3.8) is 0 Å². The van der Waals surface area contributed by atoms with Gasteiger partial charge in [-0.1, -0.05) is 30.9 Å². The van der Waals surface area contributed by atoms with E-state index in [-0.39, 0.29) is 38.3 Å². The second-order valence-electron chi connectivity index (χ2n) is 8.45. The highest BCUT2D eigenvalue weighted by atomic mass is 19.1. The lowest BCUT2D eigenvalue weighted by Gasteiger charge is -2.18. The molecule has 0 saturated heterocycles. The van der Waals surface area contributed by atoms with Gasteiger partial charge in [0.15, 0.2) is 5.82 Å². The van der Waals surface area contributed by atoms with E-state index < -0.39 is 11.2 Å². The third-order valence-electron chi connectivity index (χ3n) is 6.11. The second kappa shape index (κ2) is 10.2. The van der Waals surface area contributed by atoms with E-state index in [9.17, 15) is 19.1 Å². The summed E-state index contributed by atoms with van der Waals surface area (Å²) in [5.41, 5.74) is 0.322. The number of aliphatic hydroxyl groups excluding tert-OH is 1. The van der Waals surface area contributed by atoms with Crippen LogP contribution in [0.25, 0.3) is 0 Å². The molecule has 1 fully saturated rings. The summed E-state index contributed by atoms with van der Waals surface area (Å²) in [6.45, 7) is 0.939. The Hall–Kier alpha value is -3.09. The molecule has 1 aliphatic heterocycles. The molecule has 0 atom stereocenters. The van der Waals surface area contributed by atoms with Gasteiger partial charge in [-0.3, -0.25) is 18.8 Å². The molecule has 8 nitrogen and oxygen atoms in total. The van der Waals surface area contributed by atoms with Crippen LogP contribution in [0.15, 0.2) is 33.9 Å². The SMILES string of the molecule is Cn1c2c(c(=O)n(CCCO)c1=O)N(Cc1ccc(F)cc1)CN2C#CCOC1CCCC1. The largest absolute Gasteiger partial charge is 0.396 e. The lowest BCUT2D eigenvalue weighted by atomic mass is 10.2. The number of aliphatic hydroxyl groups is 1. The number of rotatable bonds is 7. The van der Waals surface area contributed by atoms with Gasteiger partial charge in [0, 0.05) is 32.8 Å². The Morgan fingerprint density at radius 1 is 1.18 bits per heavy atom. The van der Waals surface area contributed by atoms with Crippen molar-refractivity contribution in [1.29, 1.82) is 0 Å². The molecule has 0 amide bonds. The number of benzene rings is 1. The van der Waals surface area contributed by atoms with E-state index in [2.05, 4.69) is 12.0 Å². The first kappa shape index (κ1) is 23.1. The summed E-state index contributed by atoms with van der Waals surface area (Å²) in [6.07, 6.45) is 5.03. The molecule has 1 saturated carbocycles. The molecule has 2 heterocycles. The number of halogens is 1. The molecule has 176 valence electrons. The number of anilines is 2. The first-order chi connectivity index (χ1) is 16.0. The second-order valence-corrected chi connectivity index (χ2v) is 8.45. The van der Waals surface area contributed by atoms with Crippen LogP contribution in [-0.4, -0.2) is 40.2 Å². The number of hydrogen-bond acceptors (Lipinski definition) is 6. The minimum atomic E-state index is -0.454. The Balaban J connectivity index is 1.66. The third-order valence-corrected chi connectivity index (χ3v) is 6.11. The van der Waals surface area contributed by atoms with Gasteiger partial charge in [-0.2, -0.15) is 0 Å². The van der Waals surface area contributed by atoms with Crippen molar-refractivity contribution in [2.45, 2.75) is 51.3 Å². The highest BCUT2D eigenvalue weighted by molar-refractivity contribution is 5.74. The lowest BCUT2D eigenvalue weighted by molar-refractivity contribution is 0.0837. The summed E-state index contributed by atoms with van der Waals surface area (Å²) in [6, 6.07) is 9.16. The number of aromatic nitrogens is 2. The smallest absolute Gasteiger partial charge is 0.332 e.